The molecule has 0 atom stereocenters. The Balaban J connectivity index is 2.40. The summed E-state index contributed by atoms with van der Waals surface area (Å²) in [7, 11) is 0. The summed E-state index contributed by atoms with van der Waals surface area (Å²) < 4.78 is 0. The van der Waals surface area contributed by atoms with Gasteiger partial charge in [0.1, 0.15) is 0 Å². The first-order chi connectivity index (χ1) is 6.77. The number of nitrogens with zero attached hydrogens (tertiary/aromatic N) is 1. The Morgan fingerprint density at radius 3 is 3.00 bits per heavy atom. The Labute approximate surface area is 85.9 Å². The standard InChI is InChI=1S/C13H17N/c1-10(2)9-12-6-3-5-11-7-4-8-14-13(11)12/h4,7-10H,3,5-6H2,1-2H3/b12-9+. The molecule has 0 unspecified atom stereocenters. The second kappa shape index (κ2) is 3.95. The maximum Gasteiger partial charge on any atom is 0.0690 e. The van der Waals surface area contributed by atoms with E-state index in [4.69, 9.17) is 0 Å². The van der Waals surface area contributed by atoms with E-state index in [0.29, 0.717) is 5.92 Å². The second-order valence-electron chi connectivity index (χ2n) is 4.30. The summed E-state index contributed by atoms with van der Waals surface area (Å²) in [6.07, 6.45) is 7.92. The zero-order chi connectivity index (χ0) is 9.97. The topological polar surface area (TPSA) is 12.9 Å². The molecule has 0 N–H and O–H groups in total. The van der Waals surface area contributed by atoms with Gasteiger partial charge in [-0.25, -0.2) is 0 Å². The Kier molecular flexibility index (Phi) is 2.67. The number of rotatable bonds is 1. The molecule has 0 fully saturated rings. The Morgan fingerprint density at radius 2 is 2.21 bits per heavy atom. The summed E-state index contributed by atoms with van der Waals surface area (Å²) in [6.45, 7) is 4.45. The molecule has 1 aromatic heterocycles. The Hall–Kier alpha value is -1.11. The molecule has 0 radical (unpaired) electrons. The van der Waals surface area contributed by atoms with Gasteiger partial charge in [0.05, 0.1) is 5.69 Å². The molecule has 0 aliphatic heterocycles. The van der Waals surface area contributed by atoms with E-state index in [1.807, 2.05) is 12.3 Å². The van der Waals surface area contributed by atoms with Crippen molar-refractivity contribution in [1.82, 2.24) is 4.98 Å². The summed E-state index contributed by atoms with van der Waals surface area (Å²) >= 11 is 0. The van der Waals surface area contributed by atoms with Crippen LogP contribution in [0.3, 0.4) is 0 Å². The van der Waals surface area contributed by atoms with E-state index in [0.717, 1.165) is 0 Å². The lowest BCUT2D eigenvalue weighted by atomic mass is 9.90. The first-order valence-corrected chi connectivity index (χ1v) is 5.42. The summed E-state index contributed by atoms with van der Waals surface area (Å²) in [5.74, 6) is 0.623. The maximum atomic E-state index is 4.49. The largest absolute Gasteiger partial charge is 0.256 e. The number of aromatic nitrogens is 1. The SMILES string of the molecule is CC(C)/C=C1\CCCc2cccnc21. The quantitative estimate of drug-likeness (QED) is 0.656. The zero-order valence-corrected chi connectivity index (χ0v) is 8.96. The summed E-state index contributed by atoms with van der Waals surface area (Å²) in [4.78, 5) is 4.49. The van der Waals surface area contributed by atoms with Crippen molar-refractivity contribution in [3.63, 3.8) is 0 Å². The van der Waals surface area contributed by atoms with E-state index in [1.54, 1.807) is 0 Å². The van der Waals surface area contributed by atoms with Crippen LogP contribution in [-0.4, -0.2) is 4.98 Å². The molecule has 0 saturated heterocycles. The van der Waals surface area contributed by atoms with E-state index in [2.05, 4.69) is 31.0 Å². The smallest absolute Gasteiger partial charge is 0.0690 e. The van der Waals surface area contributed by atoms with Crippen molar-refractivity contribution >= 4 is 5.57 Å². The average Bonchev–Trinajstić information content (AvgIpc) is 2.18. The minimum Gasteiger partial charge on any atom is -0.256 e. The molecule has 1 aliphatic carbocycles. The third-order valence-corrected chi connectivity index (χ3v) is 2.62. The molecular weight excluding hydrogens is 170 g/mol. The predicted molar refractivity (Wildman–Crippen MR) is 60.0 cm³/mol. The second-order valence-corrected chi connectivity index (χ2v) is 4.30. The summed E-state index contributed by atoms with van der Waals surface area (Å²) in [6, 6.07) is 4.24. The molecule has 1 heterocycles. The van der Waals surface area contributed by atoms with Gasteiger partial charge in [0.2, 0.25) is 0 Å². The molecule has 0 amide bonds. The minimum absolute atomic E-state index is 0.623. The van der Waals surface area contributed by atoms with Gasteiger partial charge in [-0.1, -0.05) is 26.0 Å². The van der Waals surface area contributed by atoms with Gasteiger partial charge >= 0.3 is 0 Å². The van der Waals surface area contributed by atoms with Crippen LogP contribution in [0.2, 0.25) is 0 Å². The molecule has 0 saturated carbocycles. The highest BCUT2D eigenvalue weighted by atomic mass is 14.7. The van der Waals surface area contributed by atoms with E-state index in [1.165, 1.54) is 36.1 Å². The fourth-order valence-electron chi connectivity index (χ4n) is 2.08. The third-order valence-electron chi connectivity index (χ3n) is 2.62. The fraction of sp³-hybridized carbons (Fsp3) is 0.462. The van der Waals surface area contributed by atoms with Crippen LogP contribution in [0.1, 0.15) is 37.9 Å². The van der Waals surface area contributed by atoms with Crippen LogP contribution in [0.4, 0.5) is 0 Å². The lowest BCUT2D eigenvalue weighted by Crippen LogP contribution is -2.04. The molecule has 14 heavy (non-hydrogen) atoms. The van der Waals surface area contributed by atoms with Crippen molar-refractivity contribution in [2.24, 2.45) is 5.92 Å². The van der Waals surface area contributed by atoms with E-state index in [-0.39, 0.29) is 0 Å². The molecule has 1 heteroatoms. The van der Waals surface area contributed by atoms with Crippen LogP contribution in [0.25, 0.3) is 5.57 Å². The van der Waals surface area contributed by atoms with Gasteiger partial charge in [-0.15, -0.1) is 0 Å². The van der Waals surface area contributed by atoms with Crippen LogP contribution in [0.5, 0.6) is 0 Å². The van der Waals surface area contributed by atoms with Gasteiger partial charge in [-0.05, 0) is 42.4 Å². The van der Waals surface area contributed by atoms with Crippen LogP contribution in [-0.2, 0) is 6.42 Å². The Morgan fingerprint density at radius 1 is 1.36 bits per heavy atom. The highest BCUT2D eigenvalue weighted by molar-refractivity contribution is 5.66. The minimum atomic E-state index is 0.623. The predicted octanol–water partition coefficient (Wildman–Crippen LogP) is 3.46. The van der Waals surface area contributed by atoms with Crippen molar-refractivity contribution in [3.8, 4) is 0 Å². The summed E-state index contributed by atoms with van der Waals surface area (Å²) in [5.41, 5.74) is 4.11. The Bertz CT molecular complexity index is 350. The van der Waals surface area contributed by atoms with Gasteiger partial charge in [0, 0.05) is 6.20 Å². The molecule has 1 nitrogen and oxygen atoms in total. The fourth-order valence-corrected chi connectivity index (χ4v) is 2.08. The van der Waals surface area contributed by atoms with Crippen molar-refractivity contribution < 1.29 is 0 Å². The number of allylic oxidation sites excluding steroid dienone is 2. The molecule has 74 valence electrons. The van der Waals surface area contributed by atoms with Crippen LogP contribution in [0, 0.1) is 5.92 Å². The van der Waals surface area contributed by atoms with Gasteiger partial charge < -0.3 is 0 Å². The average molecular weight is 187 g/mol. The molecule has 0 bridgehead atoms. The van der Waals surface area contributed by atoms with E-state index >= 15 is 0 Å². The highest BCUT2D eigenvalue weighted by Gasteiger charge is 2.14. The number of aryl methyl sites for hydroxylation is 1. The van der Waals surface area contributed by atoms with Crippen LogP contribution in [0.15, 0.2) is 24.4 Å². The van der Waals surface area contributed by atoms with Crippen molar-refractivity contribution in [1.29, 1.82) is 0 Å². The zero-order valence-electron chi connectivity index (χ0n) is 8.96. The molecule has 1 aliphatic rings. The molecule has 0 aromatic carbocycles. The van der Waals surface area contributed by atoms with Gasteiger partial charge in [-0.2, -0.15) is 0 Å². The molecule has 1 aromatic rings. The third kappa shape index (κ3) is 1.87. The highest BCUT2D eigenvalue weighted by Crippen LogP contribution is 2.29. The van der Waals surface area contributed by atoms with Crippen molar-refractivity contribution in [2.45, 2.75) is 33.1 Å². The first-order valence-electron chi connectivity index (χ1n) is 5.42. The van der Waals surface area contributed by atoms with Gasteiger partial charge in [-0.3, -0.25) is 4.98 Å². The van der Waals surface area contributed by atoms with Crippen molar-refractivity contribution in [2.75, 3.05) is 0 Å². The van der Waals surface area contributed by atoms with Gasteiger partial charge in [0.25, 0.3) is 0 Å². The van der Waals surface area contributed by atoms with E-state index < -0.39 is 0 Å². The number of pyridine rings is 1. The number of hydrogen-bond donors (Lipinski definition) is 0. The lowest BCUT2D eigenvalue weighted by molar-refractivity contribution is 0.783. The monoisotopic (exact) mass is 187 g/mol. The normalized spacial score (nSPS) is 18.6. The lowest BCUT2D eigenvalue weighted by Gasteiger charge is -2.18. The van der Waals surface area contributed by atoms with Crippen molar-refractivity contribution in [3.05, 3.63) is 35.7 Å². The number of hydrogen-bond acceptors (Lipinski definition) is 1. The molecule has 2 rings (SSSR count). The number of fused-ring (bicyclic) bond motifs is 1. The van der Waals surface area contributed by atoms with E-state index in [9.17, 15) is 0 Å². The molecular formula is C13H17N. The summed E-state index contributed by atoms with van der Waals surface area (Å²) in [5, 5.41) is 0. The first kappa shape index (κ1) is 9.45. The van der Waals surface area contributed by atoms with Gasteiger partial charge in [0.15, 0.2) is 0 Å². The van der Waals surface area contributed by atoms with Crippen LogP contribution >= 0.6 is 0 Å². The molecule has 0 spiro atoms. The van der Waals surface area contributed by atoms with Crippen LogP contribution < -0.4 is 0 Å². The maximum absolute atomic E-state index is 4.49.